The summed E-state index contributed by atoms with van der Waals surface area (Å²) in [7, 11) is 0. The monoisotopic (exact) mass is 355 g/mol. The van der Waals surface area contributed by atoms with Gasteiger partial charge in [-0.2, -0.15) is 5.10 Å². The zero-order valence-electron chi connectivity index (χ0n) is 12.5. The Morgan fingerprint density at radius 2 is 1.88 bits per heavy atom. The van der Waals surface area contributed by atoms with Gasteiger partial charge in [0.15, 0.2) is 0 Å². The quantitative estimate of drug-likeness (QED) is 0.502. The molecule has 0 aliphatic heterocycles. The molecule has 2 aromatic carbocycles. The summed E-state index contributed by atoms with van der Waals surface area (Å²) in [4.78, 5) is 22.9. The number of halogens is 1. The number of fused-ring (bicyclic) bond motifs is 2. The molecule has 0 aliphatic carbocycles. The van der Waals surface area contributed by atoms with Gasteiger partial charge in [0, 0.05) is 15.8 Å². The van der Waals surface area contributed by atoms with Crippen molar-refractivity contribution in [3.8, 4) is 11.4 Å². The van der Waals surface area contributed by atoms with Crippen molar-refractivity contribution < 1.29 is 19.8 Å². The molecule has 4 rings (SSSR count). The minimum absolute atomic E-state index is 0.0836. The molecule has 2 aromatic heterocycles. The summed E-state index contributed by atoms with van der Waals surface area (Å²) in [6.07, 6.45) is -1.18. The van der Waals surface area contributed by atoms with Crippen LogP contribution in [-0.2, 0) is 0 Å². The van der Waals surface area contributed by atoms with Crippen molar-refractivity contribution in [2.24, 2.45) is 0 Å². The van der Waals surface area contributed by atoms with E-state index in [2.05, 4.69) is 10.2 Å². The molecule has 0 spiro atoms. The van der Waals surface area contributed by atoms with Gasteiger partial charge in [0.1, 0.15) is 5.69 Å². The van der Waals surface area contributed by atoms with Gasteiger partial charge in [-0.3, -0.25) is 5.10 Å². The second kappa shape index (κ2) is 5.35. The summed E-state index contributed by atoms with van der Waals surface area (Å²) in [5, 5.41) is 27.6. The molecule has 2 heterocycles. The fraction of sp³-hybridized carbons (Fsp3) is 0. The standard InChI is InChI=1S/C17H10ClN3O4/c18-10-2-3-11-12(7-10)19-20-15(11)14-6-9-5-8(16(22)23)1-4-13(9)21(14)17(24)25/h1-7H,(H,19,20)(H,22,23)(H,24,25). The van der Waals surface area contributed by atoms with Crippen LogP contribution in [-0.4, -0.2) is 37.0 Å². The molecule has 0 saturated heterocycles. The van der Waals surface area contributed by atoms with E-state index in [0.29, 0.717) is 38.2 Å². The zero-order chi connectivity index (χ0) is 17.7. The van der Waals surface area contributed by atoms with E-state index in [1.54, 1.807) is 24.3 Å². The van der Waals surface area contributed by atoms with Crippen LogP contribution in [0.15, 0.2) is 42.5 Å². The Bertz CT molecular complexity index is 1180. The first-order chi connectivity index (χ1) is 12.0. The number of hydrogen-bond donors (Lipinski definition) is 3. The third kappa shape index (κ3) is 2.33. The van der Waals surface area contributed by atoms with E-state index < -0.39 is 12.1 Å². The first kappa shape index (κ1) is 15.2. The fourth-order valence-electron chi connectivity index (χ4n) is 2.92. The summed E-state index contributed by atoms with van der Waals surface area (Å²) in [5.41, 5.74) is 1.94. The lowest BCUT2D eigenvalue weighted by molar-refractivity contribution is 0.0697. The van der Waals surface area contributed by atoms with Crippen molar-refractivity contribution in [2.45, 2.75) is 0 Å². The molecule has 25 heavy (non-hydrogen) atoms. The number of aromatic carboxylic acids is 1. The lowest BCUT2D eigenvalue weighted by atomic mass is 10.1. The maximum absolute atomic E-state index is 11.8. The number of nitrogens with one attached hydrogen (secondary N) is 1. The van der Waals surface area contributed by atoms with Crippen molar-refractivity contribution in [2.75, 3.05) is 0 Å². The number of aromatic nitrogens is 3. The van der Waals surface area contributed by atoms with Crippen LogP contribution in [0.25, 0.3) is 33.2 Å². The minimum atomic E-state index is -1.18. The number of hydrogen-bond acceptors (Lipinski definition) is 3. The summed E-state index contributed by atoms with van der Waals surface area (Å²) < 4.78 is 1.09. The number of carboxylic acids is 1. The van der Waals surface area contributed by atoms with Crippen molar-refractivity contribution in [3.63, 3.8) is 0 Å². The van der Waals surface area contributed by atoms with E-state index in [4.69, 9.17) is 16.7 Å². The largest absolute Gasteiger partial charge is 0.478 e. The highest BCUT2D eigenvalue weighted by Gasteiger charge is 2.20. The number of aromatic amines is 1. The van der Waals surface area contributed by atoms with Crippen LogP contribution >= 0.6 is 11.6 Å². The number of carboxylic acid groups (broad SMARTS) is 2. The predicted octanol–water partition coefficient (Wildman–Crippen LogP) is 4.06. The van der Waals surface area contributed by atoms with Gasteiger partial charge >= 0.3 is 12.1 Å². The molecule has 0 saturated carbocycles. The Hall–Kier alpha value is -3.32. The van der Waals surface area contributed by atoms with Crippen LogP contribution < -0.4 is 0 Å². The van der Waals surface area contributed by atoms with Gasteiger partial charge in [-0.25, -0.2) is 14.2 Å². The molecule has 0 amide bonds. The second-order valence-electron chi connectivity index (χ2n) is 5.49. The summed E-state index contributed by atoms with van der Waals surface area (Å²) in [6.45, 7) is 0. The van der Waals surface area contributed by atoms with E-state index >= 15 is 0 Å². The van der Waals surface area contributed by atoms with E-state index in [0.717, 1.165) is 4.57 Å². The van der Waals surface area contributed by atoms with Crippen LogP contribution in [0.2, 0.25) is 5.02 Å². The molecule has 3 N–H and O–H groups in total. The predicted molar refractivity (Wildman–Crippen MR) is 92.4 cm³/mol. The average Bonchev–Trinajstić information content (AvgIpc) is 3.13. The summed E-state index contributed by atoms with van der Waals surface area (Å²) >= 11 is 5.96. The molecular weight excluding hydrogens is 346 g/mol. The van der Waals surface area contributed by atoms with Gasteiger partial charge in [0.25, 0.3) is 0 Å². The molecular formula is C17H10ClN3O4. The molecule has 0 atom stereocenters. The fourth-order valence-corrected chi connectivity index (χ4v) is 3.09. The van der Waals surface area contributed by atoms with Gasteiger partial charge in [-0.15, -0.1) is 0 Å². The molecule has 7 nitrogen and oxygen atoms in total. The lowest BCUT2D eigenvalue weighted by Gasteiger charge is -2.03. The molecule has 0 fully saturated rings. The normalized spacial score (nSPS) is 11.2. The number of carbonyl (C=O) groups is 2. The van der Waals surface area contributed by atoms with E-state index in [-0.39, 0.29) is 5.56 Å². The van der Waals surface area contributed by atoms with E-state index in [9.17, 15) is 14.7 Å². The van der Waals surface area contributed by atoms with Gasteiger partial charge < -0.3 is 10.2 Å². The van der Waals surface area contributed by atoms with Crippen molar-refractivity contribution in [3.05, 3.63) is 53.1 Å². The third-order valence-electron chi connectivity index (χ3n) is 4.01. The highest BCUT2D eigenvalue weighted by atomic mass is 35.5. The van der Waals surface area contributed by atoms with Crippen molar-refractivity contribution in [1.82, 2.24) is 14.8 Å². The van der Waals surface area contributed by atoms with Crippen LogP contribution in [0.3, 0.4) is 0 Å². The number of nitrogens with zero attached hydrogens (tertiary/aromatic N) is 2. The Labute approximate surface area is 145 Å². The average molecular weight is 356 g/mol. The summed E-state index contributed by atoms with van der Waals surface area (Å²) in [5.74, 6) is -1.08. The molecule has 0 radical (unpaired) electrons. The van der Waals surface area contributed by atoms with Gasteiger partial charge in [-0.1, -0.05) is 11.6 Å². The number of rotatable bonds is 2. The maximum Gasteiger partial charge on any atom is 0.416 e. The Balaban J connectivity index is 2.04. The highest BCUT2D eigenvalue weighted by molar-refractivity contribution is 6.31. The first-order valence-corrected chi connectivity index (χ1v) is 7.59. The van der Waals surface area contributed by atoms with Crippen molar-refractivity contribution in [1.29, 1.82) is 0 Å². The van der Waals surface area contributed by atoms with Gasteiger partial charge in [0.05, 0.1) is 22.3 Å². The zero-order valence-corrected chi connectivity index (χ0v) is 13.3. The number of benzene rings is 2. The highest BCUT2D eigenvalue weighted by Crippen LogP contribution is 2.32. The van der Waals surface area contributed by atoms with E-state index in [1.807, 2.05) is 0 Å². The van der Waals surface area contributed by atoms with Gasteiger partial charge in [-0.05, 0) is 42.5 Å². The first-order valence-electron chi connectivity index (χ1n) is 7.22. The topological polar surface area (TPSA) is 108 Å². The van der Waals surface area contributed by atoms with Crippen LogP contribution in [0.4, 0.5) is 4.79 Å². The molecule has 0 bridgehead atoms. The Morgan fingerprint density at radius 1 is 1.08 bits per heavy atom. The third-order valence-corrected chi connectivity index (χ3v) is 4.24. The molecule has 124 valence electrons. The lowest BCUT2D eigenvalue weighted by Crippen LogP contribution is -2.09. The maximum atomic E-state index is 11.8. The Kier molecular flexibility index (Phi) is 3.26. The van der Waals surface area contributed by atoms with E-state index in [1.165, 1.54) is 18.2 Å². The van der Waals surface area contributed by atoms with Crippen LogP contribution in [0.1, 0.15) is 10.4 Å². The molecule has 8 heteroatoms. The molecule has 0 aliphatic rings. The summed E-state index contributed by atoms with van der Waals surface area (Å²) in [6, 6.07) is 11.0. The van der Waals surface area contributed by atoms with Crippen LogP contribution in [0, 0.1) is 0 Å². The van der Waals surface area contributed by atoms with Gasteiger partial charge in [0.2, 0.25) is 0 Å². The van der Waals surface area contributed by atoms with Crippen LogP contribution in [0.5, 0.6) is 0 Å². The number of H-pyrrole nitrogens is 1. The second-order valence-corrected chi connectivity index (χ2v) is 5.92. The minimum Gasteiger partial charge on any atom is -0.478 e. The SMILES string of the molecule is O=C(O)c1ccc2c(c1)cc(-c1n[nH]c3cc(Cl)ccc13)n2C(=O)O. The van der Waals surface area contributed by atoms with Crippen molar-refractivity contribution >= 4 is 45.5 Å². The smallest absolute Gasteiger partial charge is 0.416 e. The molecule has 0 unspecified atom stereocenters. The Morgan fingerprint density at radius 3 is 2.60 bits per heavy atom. The molecule has 4 aromatic rings.